The van der Waals surface area contributed by atoms with Crippen LogP contribution in [0.1, 0.15) is 113 Å². The summed E-state index contributed by atoms with van der Waals surface area (Å²) >= 11 is 0. The lowest BCUT2D eigenvalue weighted by atomic mass is 9.32. The van der Waals surface area contributed by atoms with Crippen LogP contribution in [0.2, 0.25) is 0 Å². The molecule has 256 valence electrons. The summed E-state index contributed by atoms with van der Waals surface area (Å²) in [7, 11) is 0. The first-order valence-corrected chi connectivity index (χ1v) is 17.8. The van der Waals surface area contributed by atoms with Crippen LogP contribution in [0, 0.1) is 56.7 Å². The molecule has 0 bridgehead atoms. The minimum Gasteiger partial charge on any atom is -0.481 e. The summed E-state index contributed by atoms with van der Waals surface area (Å²) < 4.78 is 12.5. The second-order valence-corrected chi connectivity index (χ2v) is 17.9. The predicted octanol–water partition coefficient (Wildman–Crippen LogP) is 5.30. The lowest BCUT2D eigenvalue weighted by molar-refractivity contribution is -0.353. The standard InChI is InChI=1S/C37H60O8/c1-20-11-14-37(31(42)43)18-16-34(6)22(26(37)21(20)2)9-10-25-33(5)15-17-36(8,32(3,4)24(33)12-13-35(25,34)7)45-30-29(41)28(40)27(39)23(19-38)44-30/h9,20-21,23-30,38-41H,10-19H2,1-8H3,(H,42,43)/t20-,21+,23-,24?,25-,26+,27-,28+,29-,30+,33+,34-,35-,36+,37+/m1/s1. The lowest BCUT2D eigenvalue weighted by Crippen LogP contribution is -2.68. The smallest absolute Gasteiger partial charge is 0.310 e. The molecular formula is C37H60O8. The van der Waals surface area contributed by atoms with Gasteiger partial charge in [-0.05, 0) is 116 Å². The Morgan fingerprint density at radius 2 is 1.58 bits per heavy atom. The summed E-state index contributed by atoms with van der Waals surface area (Å²) in [5.74, 6) is 1.15. The molecule has 5 fully saturated rings. The highest BCUT2D eigenvalue weighted by Gasteiger charge is 2.71. The number of hydrogen-bond donors (Lipinski definition) is 5. The molecule has 5 aliphatic carbocycles. The number of rotatable bonds is 4. The normalized spacial score (nSPS) is 55.8. The summed E-state index contributed by atoms with van der Waals surface area (Å²) in [4.78, 5) is 13.0. The largest absolute Gasteiger partial charge is 0.481 e. The fourth-order valence-electron chi connectivity index (χ4n) is 12.6. The van der Waals surface area contributed by atoms with E-state index in [1.807, 2.05) is 0 Å². The first-order chi connectivity index (χ1) is 20.8. The zero-order valence-corrected chi connectivity index (χ0v) is 28.9. The Morgan fingerprint density at radius 3 is 2.22 bits per heavy atom. The van der Waals surface area contributed by atoms with Gasteiger partial charge in [0.25, 0.3) is 0 Å². The molecule has 5 N–H and O–H groups in total. The fraction of sp³-hybridized carbons (Fsp3) is 0.919. The molecule has 6 aliphatic rings. The maximum Gasteiger partial charge on any atom is 0.310 e. The molecular weight excluding hydrogens is 572 g/mol. The molecule has 45 heavy (non-hydrogen) atoms. The molecule has 0 amide bonds. The van der Waals surface area contributed by atoms with Crippen molar-refractivity contribution in [1.82, 2.24) is 0 Å². The Labute approximate surface area is 270 Å². The second kappa shape index (κ2) is 10.7. The highest BCUT2D eigenvalue weighted by molar-refractivity contribution is 5.76. The number of aliphatic hydroxyl groups excluding tert-OH is 4. The molecule has 1 unspecified atom stereocenters. The summed E-state index contributed by atoms with van der Waals surface area (Å²) in [6.07, 6.45) is 4.30. The van der Waals surface area contributed by atoms with E-state index in [-0.39, 0.29) is 27.6 Å². The topological polar surface area (TPSA) is 137 Å². The van der Waals surface area contributed by atoms with Crippen LogP contribution in [0.3, 0.4) is 0 Å². The third-order valence-corrected chi connectivity index (χ3v) is 16.3. The van der Waals surface area contributed by atoms with Gasteiger partial charge in [0.1, 0.15) is 24.4 Å². The Morgan fingerprint density at radius 1 is 0.889 bits per heavy atom. The monoisotopic (exact) mass is 632 g/mol. The Kier molecular flexibility index (Phi) is 8.08. The van der Waals surface area contributed by atoms with Gasteiger partial charge in [-0.15, -0.1) is 0 Å². The SMILES string of the molecule is C[C@H]1[C@H](C)CC[C@]2(C(=O)O)CC[C@]3(C)C(=CC[C@@H]4[C@@]5(C)CC[C@](C)(O[C@@H]6O[C@H](CO)[C@@H](O)[C@H](O)[C@H]6O)C(C)(C)C5CC[C@]43C)[C@H]12. The molecule has 1 aliphatic heterocycles. The number of carboxylic acid groups (broad SMARTS) is 1. The van der Waals surface area contributed by atoms with E-state index < -0.39 is 54.3 Å². The molecule has 0 aromatic carbocycles. The van der Waals surface area contributed by atoms with Gasteiger partial charge in [-0.2, -0.15) is 0 Å². The van der Waals surface area contributed by atoms with E-state index in [0.29, 0.717) is 23.7 Å². The van der Waals surface area contributed by atoms with E-state index in [1.165, 1.54) is 5.57 Å². The van der Waals surface area contributed by atoms with Gasteiger partial charge >= 0.3 is 5.97 Å². The van der Waals surface area contributed by atoms with Crippen LogP contribution < -0.4 is 0 Å². The highest BCUT2D eigenvalue weighted by atomic mass is 16.7. The lowest BCUT2D eigenvalue weighted by Gasteiger charge is -2.72. The van der Waals surface area contributed by atoms with Crippen molar-refractivity contribution in [3.8, 4) is 0 Å². The summed E-state index contributed by atoms with van der Waals surface area (Å²) in [6, 6.07) is 0. The second-order valence-electron chi connectivity index (χ2n) is 17.9. The first-order valence-electron chi connectivity index (χ1n) is 17.8. The van der Waals surface area contributed by atoms with E-state index in [0.717, 1.165) is 57.8 Å². The van der Waals surface area contributed by atoms with Crippen molar-refractivity contribution in [2.75, 3.05) is 6.61 Å². The van der Waals surface area contributed by atoms with Gasteiger partial charge in [-0.3, -0.25) is 4.79 Å². The minimum atomic E-state index is -1.47. The number of allylic oxidation sites excluding steroid dienone is 2. The molecule has 8 nitrogen and oxygen atoms in total. The average Bonchev–Trinajstić information content (AvgIpc) is 2.98. The Hall–Kier alpha value is -1.03. The maximum atomic E-state index is 13.0. The summed E-state index contributed by atoms with van der Waals surface area (Å²) in [5.41, 5.74) is -0.126. The molecule has 0 aromatic rings. The number of ether oxygens (including phenoxy) is 2. The van der Waals surface area contributed by atoms with E-state index >= 15 is 0 Å². The van der Waals surface area contributed by atoms with Crippen molar-refractivity contribution in [1.29, 1.82) is 0 Å². The van der Waals surface area contributed by atoms with Crippen molar-refractivity contribution in [2.45, 2.75) is 149 Å². The van der Waals surface area contributed by atoms with Crippen LogP contribution in [0.5, 0.6) is 0 Å². The highest BCUT2D eigenvalue weighted by Crippen LogP contribution is 2.76. The first kappa shape index (κ1) is 33.9. The molecule has 8 heteroatoms. The van der Waals surface area contributed by atoms with Crippen LogP contribution in [0.4, 0.5) is 0 Å². The van der Waals surface area contributed by atoms with Crippen molar-refractivity contribution in [3.63, 3.8) is 0 Å². The third-order valence-electron chi connectivity index (χ3n) is 16.3. The van der Waals surface area contributed by atoms with Crippen molar-refractivity contribution in [3.05, 3.63) is 11.6 Å². The molecule has 1 heterocycles. The number of aliphatic hydroxyl groups is 4. The maximum absolute atomic E-state index is 13.0. The number of carboxylic acids is 1. The van der Waals surface area contributed by atoms with Gasteiger partial charge in [0.2, 0.25) is 0 Å². The fourth-order valence-corrected chi connectivity index (χ4v) is 12.6. The van der Waals surface area contributed by atoms with Gasteiger partial charge in [-0.25, -0.2) is 0 Å². The Bertz CT molecular complexity index is 1210. The molecule has 4 saturated carbocycles. The van der Waals surface area contributed by atoms with E-state index in [9.17, 15) is 30.3 Å². The van der Waals surface area contributed by atoms with Gasteiger partial charge in [0.05, 0.1) is 17.6 Å². The van der Waals surface area contributed by atoms with Gasteiger partial charge in [0.15, 0.2) is 6.29 Å². The molecule has 0 spiro atoms. The quantitative estimate of drug-likeness (QED) is 0.208. The zero-order chi connectivity index (χ0) is 33.1. The van der Waals surface area contributed by atoms with Crippen LogP contribution in [-0.4, -0.2) is 74.4 Å². The van der Waals surface area contributed by atoms with Crippen LogP contribution in [-0.2, 0) is 14.3 Å². The van der Waals surface area contributed by atoms with Gasteiger partial charge in [-0.1, -0.05) is 60.1 Å². The summed E-state index contributed by atoms with van der Waals surface area (Å²) in [6.45, 7) is 18.3. The van der Waals surface area contributed by atoms with Crippen LogP contribution in [0.25, 0.3) is 0 Å². The van der Waals surface area contributed by atoms with Crippen LogP contribution >= 0.6 is 0 Å². The zero-order valence-electron chi connectivity index (χ0n) is 28.9. The summed E-state index contributed by atoms with van der Waals surface area (Å²) in [5, 5.41) is 52.0. The van der Waals surface area contributed by atoms with Crippen molar-refractivity contribution in [2.24, 2.45) is 56.7 Å². The number of aliphatic carboxylic acids is 1. The van der Waals surface area contributed by atoms with E-state index in [2.05, 4.69) is 61.5 Å². The molecule has 0 radical (unpaired) electrons. The molecule has 15 atom stereocenters. The van der Waals surface area contributed by atoms with Crippen molar-refractivity contribution >= 4 is 5.97 Å². The Balaban J connectivity index is 1.32. The van der Waals surface area contributed by atoms with E-state index in [4.69, 9.17) is 9.47 Å². The van der Waals surface area contributed by atoms with Gasteiger partial charge < -0.3 is 35.0 Å². The average molecular weight is 633 g/mol. The predicted molar refractivity (Wildman–Crippen MR) is 170 cm³/mol. The molecule has 0 aromatic heterocycles. The third kappa shape index (κ3) is 4.34. The molecule has 6 rings (SSSR count). The van der Waals surface area contributed by atoms with Crippen LogP contribution in [0.15, 0.2) is 11.6 Å². The number of fused-ring (bicyclic) bond motifs is 7. The van der Waals surface area contributed by atoms with Gasteiger partial charge in [0, 0.05) is 0 Å². The molecule has 1 saturated heterocycles. The number of carbonyl (C=O) groups is 1. The van der Waals surface area contributed by atoms with Crippen molar-refractivity contribution < 1.29 is 39.8 Å². The minimum absolute atomic E-state index is 0.0343. The van der Waals surface area contributed by atoms with E-state index in [1.54, 1.807) is 0 Å². The number of hydrogen-bond acceptors (Lipinski definition) is 7.